The Morgan fingerprint density at radius 3 is 2.40 bits per heavy atom. The quantitative estimate of drug-likeness (QED) is 0.802. The Morgan fingerprint density at radius 2 is 1.84 bits per heavy atom. The first-order valence-electron chi connectivity index (χ1n) is 7.52. The summed E-state index contributed by atoms with van der Waals surface area (Å²) in [5.41, 5.74) is -0.376. The van der Waals surface area contributed by atoms with Crippen LogP contribution in [0.25, 0.3) is 0 Å². The van der Waals surface area contributed by atoms with Gasteiger partial charge in [0.05, 0.1) is 5.69 Å². The Kier molecular flexibility index (Phi) is 4.58. The lowest BCUT2D eigenvalue weighted by Gasteiger charge is -2.35. The Morgan fingerprint density at radius 1 is 1.16 bits per heavy atom. The number of rotatable bonds is 2. The Labute approximate surface area is 145 Å². The van der Waals surface area contributed by atoms with E-state index in [0.717, 1.165) is 17.6 Å². The SMILES string of the molecule is Cc1nc(N2CCN(C(=O)c3snnc3C)CC2)cc(C(F)(F)F)n1. The van der Waals surface area contributed by atoms with Gasteiger partial charge in [0.15, 0.2) is 0 Å². The molecule has 3 heterocycles. The summed E-state index contributed by atoms with van der Waals surface area (Å²) in [7, 11) is 0. The highest BCUT2D eigenvalue weighted by Crippen LogP contribution is 2.30. The number of carbonyl (C=O) groups is 1. The van der Waals surface area contributed by atoms with Crippen molar-refractivity contribution in [1.29, 1.82) is 0 Å². The molecule has 0 atom stereocenters. The molecule has 11 heteroatoms. The van der Waals surface area contributed by atoms with E-state index in [1.54, 1.807) is 16.7 Å². The second-order valence-corrected chi connectivity index (χ2v) is 6.38. The van der Waals surface area contributed by atoms with Gasteiger partial charge in [0.25, 0.3) is 5.91 Å². The van der Waals surface area contributed by atoms with Gasteiger partial charge in [0.2, 0.25) is 0 Å². The van der Waals surface area contributed by atoms with Gasteiger partial charge in [-0.1, -0.05) is 4.49 Å². The first kappa shape index (κ1) is 17.5. The van der Waals surface area contributed by atoms with Crippen LogP contribution >= 0.6 is 11.5 Å². The van der Waals surface area contributed by atoms with Gasteiger partial charge in [0, 0.05) is 32.2 Å². The van der Waals surface area contributed by atoms with E-state index in [0.29, 0.717) is 36.8 Å². The molecule has 2 aromatic heterocycles. The first-order valence-corrected chi connectivity index (χ1v) is 8.29. The van der Waals surface area contributed by atoms with Crippen molar-refractivity contribution in [2.75, 3.05) is 31.1 Å². The molecule has 3 rings (SSSR count). The lowest BCUT2D eigenvalue weighted by atomic mass is 10.2. The van der Waals surface area contributed by atoms with Crippen molar-refractivity contribution in [3.8, 4) is 0 Å². The lowest BCUT2D eigenvalue weighted by molar-refractivity contribution is -0.141. The zero-order valence-electron chi connectivity index (χ0n) is 13.5. The van der Waals surface area contributed by atoms with Crippen LogP contribution in [-0.2, 0) is 6.18 Å². The van der Waals surface area contributed by atoms with E-state index in [2.05, 4.69) is 19.6 Å². The van der Waals surface area contributed by atoms with Crippen molar-refractivity contribution < 1.29 is 18.0 Å². The number of carbonyl (C=O) groups excluding carboxylic acids is 1. The van der Waals surface area contributed by atoms with Crippen molar-refractivity contribution in [3.05, 3.63) is 28.2 Å². The van der Waals surface area contributed by atoms with Gasteiger partial charge in [-0.25, -0.2) is 9.97 Å². The van der Waals surface area contributed by atoms with E-state index in [-0.39, 0.29) is 17.5 Å². The molecule has 0 aromatic carbocycles. The summed E-state index contributed by atoms with van der Waals surface area (Å²) in [6.07, 6.45) is -4.52. The molecule has 134 valence electrons. The summed E-state index contributed by atoms with van der Waals surface area (Å²) in [5.74, 6) is 0.138. The smallest absolute Gasteiger partial charge is 0.353 e. The molecule has 1 saturated heterocycles. The van der Waals surface area contributed by atoms with Gasteiger partial charge in [-0.15, -0.1) is 5.10 Å². The molecule has 0 bridgehead atoms. The lowest BCUT2D eigenvalue weighted by Crippen LogP contribution is -2.49. The van der Waals surface area contributed by atoms with Crippen molar-refractivity contribution in [2.24, 2.45) is 0 Å². The minimum atomic E-state index is -4.52. The average Bonchev–Trinajstić information content (AvgIpc) is 2.99. The summed E-state index contributed by atoms with van der Waals surface area (Å²) < 4.78 is 42.5. The van der Waals surface area contributed by atoms with Crippen LogP contribution in [0.4, 0.5) is 19.0 Å². The second-order valence-electron chi connectivity index (χ2n) is 5.62. The summed E-state index contributed by atoms with van der Waals surface area (Å²) >= 11 is 1.04. The van der Waals surface area contributed by atoms with Crippen LogP contribution in [0, 0.1) is 13.8 Å². The number of aryl methyl sites for hydroxylation is 2. The Hall–Kier alpha value is -2.30. The van der Waals surface area contributed by atoms with E-state index in [9.17, 15) is 18.0 Å². The van der Waals surface area contributed by atoms with Crippen molar-refractivity contribution in [3.63, 3.8) is 0 Å². The minimum Gasteiger partial charge on any atom is -0.353 e. The number of halogens is 3. The molecule has 25 heavy (non-hydrogen) atoms. The zero-order valence-corrected chi connectivity index (χ0v) is 14.4. The number of piperazine rings is 1. The molecule has 0 N–H and O–H groups in total. The van der Waals surface area contributed by atoms with Crippen LogP contribution in [0.15, 0.2) is 6.07 Å². The summed E-state index contributed by atoms with van der Waals surface area (Å²) in [5, 5.41) is 3.82. The number of aromatic nitrogens is 4. The summed E-state index contributed by atoms with van der Waals surface area (Å²) in [6.45, 7) is 4.71. The minimum absolute atomic E-state index is 0.0645. The Balaban J connectivity index is 1.71. The van der Waals surface area contributed by atoms with Crippen LogP contribution in [-0.4, -0.2) is 56.5 Å². The van der Waals surface area contributed by atoms with Gasteiger partial charge < -0.3 is 9.80 Å². The van der Waals surface area contributed by atoms with Crippen LogP contribution in [0.1, 0.15) is 26.9 Å². The molecule has 0 aliphatic carbocycles. The number of amides is 1. The molecule has 1 fully saturated rings. The number of hydrogen-bond acceptors (Lipinski definition) is 7. The van der Waals surface area contributed by atoms with E-state index >= 15 is 0 Å². The largest absolute Gasteiger partial charge is 0.433 e. The van der Waals surface area contributed by atoms with E-state index in [4.69, 9.17) is 0 Å². The molecule has 1 aliphatic heterocycles. The van der Waals surface area contributed by atoms with Gasteiger partial charge in [0.1, 0.15) is 22.2 Å². The topological polar surface area (TPSA) is 75.1 Å². The van der Waals surface area contributed by atoms with Crippen LogP contribution in [0.2, 0.25) is 0 Å². The zero-order chi connectivity index (χ0) is 18.2. The molecule has 2 aromatic rings. The van der Waals surface area contributed by atoms with Gasteiger partial charge in [-0.2, -0.15) is 13.2 Å². The van der Waals surface area contributed by atoms with Crippen LogP contribution in [0.3, 0.4) is 0 Å². The number of alkyl halides is 3. The second kappa shape index (κ2) is 6.54. The molecule has 1 amide bonds. The molecule has 7 nitrogen and oxygen atoms in total. The molecule has 0 spiro atoms. The molecule has 0 unspecified atom stereocenters. The highest BCUT2D eigenvalue weighted by atomic mass is 32.1. The molecule has 0 saturated carbocycles. The fourth-order valence-electron chi connectivity index (χ4n) is 2.57. The third kappa shape index (κ3) is 3.70. The van der Waals surface area contributed by atoms with E-state index in [1.807, 2.05) is 0 Å². The normalized spacial score (nSPS) is 15.6. The van der Waals surface area contributed by atoms with E-state index < -0.39 is 11.9 Å². The van der Waals surface area contributed by atoms with Crippen molar-refractivity contribution in [2.45, 2.75) is 20.0 Å². The predicted molar refractivity (Wildman–Crippen MR) is 84.5 cm³/mol. The fourth-order valence-corrected chi connectivity index (χ4v) is 3.19. The first-order chi connectivity index (χ1) is 11.8. The summed E-state index contributed by atoms with van der Waals surface area (Å²) in [6, 6.07) is 0.946. The maximum Gasteiger partial charge on any atom is 0.433 e. The predicted octanol–water partition coefficient (Wildman–Crippen LogP) is 1.93. The standard InChI is InChI=1S/C14H15F3N6OS/c1-8-12(25-21-20-8)13(24)23-5-3-22(4-6-23)11-7-10(14(15,16)17)18-9(2)19-11/h7H,3-6H2,1-2H3. The van der Waals surface area contributed by atoms with Crippen molar-refractivity contribution in [1.82, 2.24) is 24.5 Å². The van der Waals surface area contributed by atoms with Gasteiger partial charge in [-0.05, 0) is 25.4 Å². The van der Waals surface area contributed by atoms with Crippen LogP contribution in [0.5, 0.6) is 0 Å². The third-order valence-corrected chi connectivity index (χ3v) is 4.67. The number of anilines is 1. The monoisotopic (exact) mass is 372 g/mol. The maximum atomic E-state index is 12.9. The summed E-state index contributed by atoms with van der Waals surface area (Å²) in [4.78, 5) is 23.8. The van der Waals surface area contributed by atoms with Gasteiger partial charge in [-0.3, -0.25) is 4.79 Å². The van der Waals surface area contributed by atoms with Crippen LogP contribution < -0.4 is 4.90 Å². The molecule has 0 radical (unpaired) electrons. The molecule has 1 aliphatic rings. The maximum absolute atomic E-state index is 12.9. The molecular formula is C14H15F3N6OS. The molecular weight excluding hydrogens is 357 g/mol. The highest BCUT2D eigenvalue weighted by molar-refractivity contribution is 7.07. The highest BCUT2D eigenvalue weighted by Gasteiger charge is 2.34. The third-order valence-electron chi connectivity index (χ3n) is 3.85. The Bertz CT molecular complexity index is 785. The average molecular weight is 372 g/mol. The number of hydrogen-bond donors (Lipinski definition) is 0. The fraction of sp³-hybridized carbons (Fsp3) is 0.500. The number of nitrogens with zero attached hydrogens (tertiary/aromatic N) is 6. The van der Waals surface area contributed by atoms with Gasteiger partial charge >= 0.3 is 6.18 Å². The van der Waals surface area contributed by atoms with E-state index in [1.165, 1.54) is 6.92 Å². The van der Waals surface area contributed by atoms with Crippen molar-refractivity contribution >= 4 is 23.3 Å².